The predicted molar refractivity (Wildman–Crippen MR) is 71.4 cm³/mol. The Morgan fingerprint density at radius 2 is 2.11 bits per heavy atom. The van der Waals surface area contributed by atoms with Gasteiger partial charge in [0.15, 0.2) is 0 Å². The maximum Gasteiger partial charge on any atom is 0.266 e. The molecule has 2 aromatic rings. The second-order valence-corrected chi connectivity index (χ2v) is 4.07. The maximum atomic E-state index is 11.2. The lowest BCUT2D eigenvalue weighted by Crippen LogP contribution is -2.30. The van der Waals surface area contributed by atoms with Crippen molar-refractivity contribution in [3.05, 3.63) is 59.4 Å². The minimum Gasteiger partial charge on any atom is -0.487 e. The van der Waals surface area contributed by atoms with E-state index in [0.29, 0.717) is 12.2 Å². The van der Waals surface area contributed by atoms with E-state index in [4.69, 9.17) is 10.6 Å². The first-order chi connectivity index (χ1) is 9.20. The number of benzene rings is 1. The quantitative estimate of drug-likeness (QED) is 0.495. The summed E-state index contributed by atoms with van der Waals surface area (Å²) in [7, 11) is 0. The average Bonchev–Trinajstić information content (AvgIpc) is 2.46. The fourth-order valence-electron chi connectivity index (χ4n) is 1.60. The summed E-state index contributed by atoms with van der Waals surface area (Å²) >= 11 is 0. The molecule has 1 aromatic carbocycles. The third kappa shape index (κ3) is 3.29. The number of nitrogens with one attached hydrogen (secondary N) is 1. The van der Waals surface area contributed by atoms with Gasteiger partial charge in [-0.05, 0) is 30.7 Å². The summed E-state index contributed by atoms with van der Waals surface area (Å²) in [6.07, 6.45) is 1.47. The topological polar surface area (TPSA) is 77.2 Å². The molecular weight excluding hydrogens is 242 g/mol. The van der Waals surface area contributed by atoms with Crippen LogP contribution in [0.1, 0.15) is 21.6 Å². The van der Waals surface area contributed by atoms with Crippen molar-refractivity contribution in [2.45, 2.75) is 13.5 Å². The van der Waals surface area contributed by atoms with Gasteiger partial charge in [-0.25, -0.2) is 5.84 Å². The molecule has 1 heterocycles. The Balaban J connectivity index is 2.01. The van der Waals surface area contributed by atoms with E-state index in [0.717, 1.165) is 17.0 Å². The molecule has 0 aliphatic rings. The van der Waals surface area contributed by atoms with Gasteiger partial charge in [0.2, 0.25) is 0 Å². The van der Waals surface area contributed by atoms with Crippen LogP contribution >= 0.6 is 0 Å². The summed E-state index contributed by atoms with van der Waals surface area (Å²) < 4.78 is 5.66. The smallest absolute Gasteiger partial charge is 0.266 e. The first kappa shape index (κ1) is 13.0. The highest BCUT2D eigenvalue weighted by Crippen LogP contribution is 2.17. The van der Waals surface area contributed by atoms with Crippen LogP contribution in [0, 0.1) is 6.92 Å². The average molecular weight is 257 g/mol. The number of nitrogens with two attached hydrogens (primary N) is 1. The monoisotopic (exact) mass is 257 g/mol. The van der Waals surface area contributed by atoms with Gasteiger partial charge >= 0.3 is 0 Å². The highest BCUT2D eigenvalue weighted by molar-refractivity contribution is 5.93. The number of pyridine rings is 1. The number of hydrazine groups is 1. The first-order valence-corrected chi connectivity index (χ1v) is 5.85. The molecule has 1 amide bonds. The largest absolute Gasteiger partial charge is 0.487 e. The van der Waals surface area contributed by atoms with E-state index in [1.54, 1.807) is 12.1 Å². The third-order valence-electron chi connectivity index (χ3n) is 2.69. The normalized spacial score (nSPS) is 10.0. The molecule has 1 aromatic heterocycles. The predicted octanol–water partition coefficient (Wildman–Crippen LogP) is 1.57. The molecule has 0 unspecified atom stereocenters. The van der Waals surface area contributed by atoms with Crippen LogP contribution in [0.15, 0.2) is 42.6 Å². The number of nitrogens with zero attached hydrogens (tertiary/aromatic N) is 1. The van der Waals surface area contributed by atoms with Crippen molar-refractivity contribution >= 4 is 5.91 Å². The summed E-state index contributed by atoms with van der Waals surface area (Å²) in [5.74, 6) is 5.51. The number of carbonyl (C=O) groups is 1. The van der Waals surface area contributed by atoms with E-state index in [2.05, 4.69) is 10.4 Å². The maximum absolute atomic E-state index is 11.2. The summed E-state index contributed by atoms with van der Waals surface area (Å²) in [6.45, 7) is 2.34. The fraction of sp³-hybridized carbons (Fsp3) is 0.143. The molecule has 5 nitrogen and oxygen atoms in total. The van der Waals surface area contributed by atoms with Crippen LogP contribution in [0.4, 0.5) is 0 Å². The van der Waals surface area contributed by atoms with Gasteiger partial charge in [0.1, 0.15) is 12.4 Å². The first-order valence-electron chi connectivity index (χ1n) is 5.85. The Labute approximate surface area is 111 Å². The summed E-state index contributed by atoms with van der Waals surface area (Å²) in [5, 5.41) is 0. The van der Waals surface area contributed by atoms with Crippen molar-refractivity contribution in [1.29, 1.82) is 0 Å². The lowest BCUT2D eigenvalue weighted by atomic mass is 10.2. The standard InChI is InChI=1S/C14H15N3O2/c1-10-4-2-3-5-13(10)19-9-12-7-6-11(8-16-12)14(18)17-15/h2-8H,9,15H2,1H3,(H,17,18). The van der Waals surface area contributed by atoms with E-state index in [1.807, 2.05) is 31.2 Å². The second kappa shape index (κ2) is 5.97. The molecule has 0 aliphatic carbocycles. The minimum absolute atomic E-state index is 0.357. The van der Waals surface area contributed by atoms with Gasteiger partial charge in [0.05, 0.1) is 11.3 Å². The zero-order valence-electron chi connectivity index (χ0n) is 10.6. The van der Waals surface area contributed by atoms with E-state index in [-0.39, 0.29) is 5.91 Å². The van der Waals surface area contributed by atoms with Crippen LogP contribution in [-0.4, -0.2) is 10.9 Å². The molecule has 0 bridgehead atoms. The van der Waals surface area contributed by atoms with Gasteiger partial charge in [0.25, 0.3) is 5.91 Å². The molecule has 0 spiro atoms. The molecule has 0 saturated heterocycles. The van der Waals surface area contributed by atoms with Crippen molar-refractivity contribution in [2.75, 3.05) is 0 Å². The Hall–Kier alpha value is -2.40. The molecule has 0 atom stereocenters. The molecule has 2 rings (SSSR count). The molecule has 98 valence electrons. The lowest BCUT2D eigenvalue weighted by molar-refractivity contribution is 0.0953. The van der Waals surface area contributed by atoms with E-state index < -0.39 is 0 Å². The molecule has 0 aliphatic heterocycles. The van der Waals surface area contributed by atoms with E-state index >= 15 is 0 Å². The molecule has 19 heavy (non-hydrogen) atoms. The Morgan fingerprint density at radius 3 is 2.74 bits per heavy atom. The number of hydrogen-bond acceptors (Lipinski definition) is 4. The zero-order valence-corrected chi connectivity index (χ0v) is 10.6. The molecular formula is C14H15N3O2. The second-order valence-electron chi connectivity index (χ2n) is 4.07. The van der Waals surface area contributed by atoms with Crippen LogP contribution in [0.3, 0.4) is 0 Å². The van der Waals surface area contributed by atoms with E-state index in [1.165, 1.54) is 6.20 Å². The van der Waals surface area contributed by atoms with Crippen molar-refractivity contribution in [2.24, 2.45) is 5.84 Å². The van der Waals surface area contributed by atoms with Gasteiger partial charge in [-0.2, -0.15) is 0 Å². The number of para-hydroxylation sites is 1. The number of rotatable bonds is 4. The summed E-state index contributed by atoms with van der Waals surface area (Å²) in [5.41, 5.74) is 4.29. The van der Waals surface area contributed by atoms with Crippen molar-refractivity contribution < 1.29 is 9.53 Å². The molecule has 0 radical (unpaired) electrons. The molecule has 0 saturated carbocycles. The number of aromatic nitrogens is 1. The van der Waals surface area contributed by atoms with Crippen LogP contribution in [0.5, 0.6) is 5.75 Å². The minimum atomic E-state index is -0.362. The molecule has 5 heteroatoms. The summed E-state index contributed by atoms with van der Waals surface area (Å²) in [4.78, 5) is 15.4. The van der Waals surface area contributed by atoms with Gasteiger partial charge in [-0.1, -0.05) is 18.2 Å². The summed E-state index contributed by atoms with van der Waals surface area (Å²) in [6, 6.07) is 11.2. The van der Waals surface area contributed by atoms with Gasteiger partial charge < -0.3 is 4.74 Å². The third-order valence-corrected chi connectivity index (χ3v) is 2.69. The number of ether oxygens (including phenoxy) is 1. The van der Waals surface area contributed by atoms with Gasteiger partial charge in [0, 0.05) is 6.20 Å². The number of carbonyl (C=O) groups excluding carboxylic acids is 1. The van der Waals surface area contributed by atoms with E-state index in [9.17, 15) is 4.79 Å². The van der Waals surface area contributed by atoms with Gasteiger partial charge in [-0.3, -0.25) is 15.2 Å². The highest BCUT2D eigenvalue weighted by atomic mass is 16.5. The van der Waals surface area contributed by atoms with Gasteiger partial charge in [-0.15, -0.1) is 0 Å². The Kier molecular flexibility index (Phi) is 4.10. The SMILES string of the molecule is Cc1ccccc1OCc1ccc(C(=O)NN)cn1. The zero-order chi connectivity index (χ0) is 13.7. The molecule has 3 N–H and O–H groups in total. The number of nitrogen functional groups attached to an aromatic ring is 1. The fourth-order valence-corrected chi connectivity index (χ4v) is 1.60. The van der Waals surface area contributed by atoms with Crippen LogP contribution in [0.25, 0.3) is 0 Å². The van der Waals surface area contributed by atoms with Crippen molar-refractivity contribution in [3.63, 3.8) is 0 Å². The Morgan fingerprint density at radius 1 is 1.32 bits per heavy atom. The number of aryl methyl sites for hydroxylation is 1. The molecule has 0 fully saturated rings. The highest BCUT2D eigenvalue weighted by Gasteiger charge is 2.04. The Bertz CT molecular complexity index is 567. The van der Waals surface area contributed by atoms with Crippen molar-refractivity contribution in [3.8, 4) is 5.75 Å². The van der Waals surface area contributed by atoms with Crippen LogP contribution in [-0.2, 0) is 6.61 Å². The lowest BCUT2D eigenvalue weighted by Gasteiger charge is -2.08. The van der Waals surface area contributed by atoms with Crippen LogP contribution in [0.2, 0.25) is 0 Å². The van der Waals surface area contributed by atoms with Crippen LogP contribution < -0.4 is 16.0 Å². The number of hydrogen-bond donors (Lipinski definition) is 2. The number of amides is 1. The van der Waals surface area contributed by atoms with Crippen molar-refractivity contribution in [1.82, 2.24) is 10.4 Å².